The Balaban J connectivity index is 1.31. The van der Waals surface area contributed by atoms with E-state index in [1.165, 1.54) is 157 Å². The maximum absolute atomic E-state index is 5.28. The van der Waals surface area contributed by atoms with Gasteiger partial charge in [0.1, 0.15) is 0 Å². The lowest BCUT2D eigenvalue weighted by molar-refractivity contribution is 0.483. The van der Waals surface area contributed by atoms with Crippen LogP contribution in [0.5, 0.6) is 0 Å². The highest BCUT2D eigenvalue weighted by Gasteiger charge is 2.34. The molecule has 3 heteroatoms. The standard InChI is InChI=1S/C39H55NP2/c1-5-16-32(17-6-1)41(33-18-7-2-8-19-33)28-31-25-26-39-36(27-30-15-13-14-24-38(30)40-39)37(31)29-42(34-20-9-3-10-21-34)35-22-11-4-12-23-35/h13-15,24-27,32-35H,1-12,16-23,28-29H2. The second-order valence-electron chi connectivity index (χ2n) is 14.5. The maximum atomic E-state index is 5.28. The van der Waals surface area contributed by atoms with Gasteiger partial charge in [-0.15, -0.1) is 0 Å². The topological polar surface area (TPSA) is 12.9 Å². The third-order valence-electron chi connectivity index (χ3n) is 11.8. The number of nitrogens with zero attached hydrogens (tertiary/aromatic N) is 1. The zero-order valence-electron chi connectivity index (χ0n) is 26.2. The van der Waals surface area contributed by atoms with E-state index >= 15 is 0 Å². The van der Waals surface area contributed by atoms with Crippen molar-refractivity contribution in [3.8, 4) is 0 Å². The van der Waals surface area contributed by atoms with E-state index in [2.05, 4.69) is 42.5 Å². The average molecular weight is 600 g/mol. The molecular formula is C39H55NP2. The minimum Gasteiger partial charge on any atom is -0.248 e. The van der Waals surface area contributed by atoms with E-state index < -0.39 is 0 Å². The Morgan fingerprint density at radius 3 is 1.50 bits per heavy atom. The van der Waals surface area contributed by atoms with Crippen LogP contribution in [-0.4, -0.2) is 27.6 Å². The van der Waals surface area contributed by atoms with Crippen molar-refractivity contribution in [3.05, 3.63) is 53.6 Å². The predicted molar refractivity (Wildman–Crippen MR) is 188 cm³/mol. The van der Waals surface area contributed by atoms with Gasteiger partial charge in [-0.2, -0.15) is 0 Å². The molecule has 4 aliphatic carbocycles. The first-order chi connectivity index (χ1) is 20.8. The van der Waals surface area contributed by atoms with Gasteiger partial charge in [0, 0.05) is 10.8 Å². The summed E-state index contributed by atoms with van der Waals surface area (Å²) in [6.45, 7) is 0. The molecule has 1 heterocycles. The Morgan fingerprint density at radius 1 is 0.500 bits per heavy atom. The molecule has 0 radical (unpaired) electrons. The first-order valence-corrected chi connectivity index (χ1v) is 21.5. The molecule has 7 rings (SSSR count). The number of para-hydroxylation sites is 1. The van der Waals surface area contributed by atoms with Crippen molar-refractivity contribution in [2.75, 3.05) is 0 Å². The van der Waals surface area contributed by atoms with Gasteiger partial charge < -0.3 is 0 Å². The van der Waals surface area contributed by atoms with E-state index in [0.29, 0.717) is 0 Å². The summed E-state index contributed by atoms with van der Waals surface area (Å²) in [7, 11) is 0.0730. The number of aromatic nitrogens is 1. The molecule has 0 spiro atoms. The lowest BCUT2D eigenvalue weighted by atomic mass is 9.99. The molecule has 4 aliphatic rings. The number of rotatable bonds is 8. The Kier molecular flexibility index (Phi) is 10.2. The molecule has 0 N–H and O–H groups in total. The average Bonchev–Trinajstić information content (AvgIpc) is 3.07. The molecule has 4 saturated carbocycles. The molecule has 1 aromatic heterocycles. The summed E-state index contributed by atoms with van der Waals surface area (Å²) in [6.07, 6.45) is 32.8. The molecule has 3 aromatic rings. The third kappa shape index (κ3) is 6.79. The Bertz CT molecular complexity index is 1260. The van der Waals surface area contributed by atoms with Crippen LogP contribution in [0, 0.1) is 0 Å². The highest BCUT2D eigenvalue weighted by molar-refractivity contribution is 7.59. The van der Waals surface area contributed by atoms with Gasteiger partial charge in [0.25, 0.3) is 0 Å². The van der Waals surface area contributed by atoms with Crippen molar-refractivity contribution in [2.24, 2.45) is 0 Å². The van der Waals surface area contributed by atoms with Crippen molar-refractivity contribution < 1.29 is 0 Å². The summed E-state index contributed by atoms with van der Waals surface area (Å²) < 4.78 is 0. The maximum Gasteiger partial charge on any atom is 0.0712 e. The molecule has 42 heavy (non-hydrogen) atoms. The van der Waals surface area contributed by atoms with Gasteiger partial charge in [0.15, 0.2) is 0 Å². The first-order valence-electron chi connectivity index (χ1n) is 18.2. The van der Waals surface area contributed by atoms with E-state index in [0.717, 1.165) is 28.2 Å². The largest absolute Gasteiger partial charge is 0.248 e. The van der Waals surface area contributed by atoms with Gasteiger partial charge in [0.2, 0.25) is 0 Å². The molecule has 0 saturated heterocycles. The van der Waals surface area contributed by atoms with Crippen LogP contribution in [0.2, 0.25) is 0 Å². The fourth-order valence-corrected chi connectivity index (χ4v) is 17.2. The van der Waals surface area contributed by atoms with E-state index in [1.54, 1.807) is 11.1 Å². The smallest absolute Gasteiger partial charge is 0.0712 e. The summed E-state index contributed by atoms with van der Waals surface area (Å²) in [5, 5.41) is 2.86. The monoisotopic (exact) mass is 599 g/mol. The van der Waals surface area contributed by atoms with Crippen LogP contribution in [0.1, 0.15) is 140 Å². The molecular weight excluding hydrogens is 544 g/mol. The van der Waals surface area contributed by atoms with Gasteiger partial charge >= 0.3 is 0 Å². The highest BCUT2D eigenvalue weighted by Crippen LogP contribution is 2.61. The van der Waals surface area contributed by atoms with Crippen LogP contribution < -0.4 is 0 Å². The second kappa shape index (κ2) is 14.4. The number of benzene rings is 2. The number of hydrogen-bond donors (Lipinski definition) is 0. The number of hydrogen-bond acceptors (Lipinski definition) is 1. The fourth-order valence-electron chi connectivity index (χ4n) is 9.43. The molecule has 4 fully saturated rings. The minimum absolute atomic E-state index is 0.0196. The Labute approximate surface area is 258 Å². The zero-order chi connectivity index (χ0) is 28.1. The lowest BCUT2D eigenvalue weighted by Gasteiger charge is -2.40. The van der Waals surface area contributed by atoms with Crippen molar-refractivity contribution in [2.45, 2.75) is 163 Å². The molecule has 1 nitrogen and oxygen atoms in total. The van der Waals surface area contributed by atoms with Crippen LogP contribution in [0.15, 0.2) is 42.5 Å². The van der Waals surface area contributed by atoms with Crippen LogP contribution in [0.25, 0.3) is 21.8 Å². The second-order valence-corrected chi connectivity index (χ2v) is 20.1. The lowest BCUT2D eigenvalue weighted by Crippen LogP contribution is -2.23. The quantitative estimate of drug-likeness (QED) is 0.185. The Morgan fingerprint density at radius 2 is 0.976 bits per heavy atom. The van der Waals surface area contributed by atoms with Crippen LogP contribution >= 0.6 is 15.8 Å². The van der Waals surface area contributed by atoms with Gasteiger partial charge in [-0.25, -0.2) is 4.98 Å². The zero-order valence-corrected chi connectivity index (χ0v) is 28.0. The normalized spacial score (nSPS) is 22.5. The van der Waals surface area contributed by atoms with Gasteiger partial charge in [-0.1, -0.05) is 117 Å². The summed E-state index contributed by atoms with van der Waals surface area (Å²) in [5.41, 5.74) is 10.0. The van der Waals surface area contributed by atoms with E-state index in [1.807, 2.05) is 0 Å². The van der Waals surface area contributed by atoms with Crippen molar-refractivity contribution in [1.29, 1.82) is 0 Å². The van der Waals surface area contributed by atoms with E-state index in [-0.39, 0.29) is 15.8 Å². The summed E-state index contributed by atoms with van der Waals surface area (Å²) in [6, 6.07) is 16.5. The predicted octanol–water partition coefficient (Wildman–Crippen LogP) is 12.7. The molecule has 0 bridgehead atoms. The van der Waals surface area contributed by atoms with Crippen LogP contribution in [0.4, 0.5) is 0 Å². The summed E-state index contributed by atoms with van der Waals surface area (Å²) >= 11 is 0. The molecule has 226 valence electrons. The minimum atomic E-state index is 0.0196. The molecule has 0 amide bonds. The number of fused-ring (bicyclic) bond motifs is 2. The van der Waals surface area contributed by atoms with E-state index in [4.69, 9.17) is 4.98 Å². The molecule has 0 unspecified atom stereocenters. The van der Waals surface area contributed by atoms with Crippen LogP contribution in [-0.2, 0) is 12.3 Å². The third-order valence-corrected chi connectivity index (χ3v) is 19.0. The van der Waals surface area contributed by atoms with Gasteiger partial charge in [0.05, 0.1) is 11.0 Å². The number of pyridine rings is 1. The molecule has 0 atom stereocenters. The van der Waals surface area contributed by atoms with Crippen LogP contribution in [0.3, 0.4) is 0 Å². The summed E-state index contributed by atoms with van der Waals surface area (Å²) in [5.74, 6) is 0. The van der Waals surface area contributed by atoms with Crippen molar-refractivity contribution in [3.63, 3.8) is 0 Å². The summed E-state index contributed by atoms with van der Waals surface area (Å²) in [4.78, 5) is 5.28. The van der Waals surface area contributed by atoms with Crippen molar-refractivity contribution >= 4 is 37.6 Å². The van der Waals surface area contributed by atoms with Gasteiger partial charge in [-0.05, 0) is 116 Å². The SMILES string of the molecule is c1ccc2nc3ccc(CP(C4CCCCC4)C4CCCCC4)c(CP(C4CCCCC4)C4CCCCC4)c3cc2c1. The Hall–Kier alpha value is -1.03. The molecule has 2 aromatic carbocycles. The first kappa shape index (κ1) is 29.7. The van der Waals surface area contributed by atoms with Crippen molar-refractivity contribution in [1.82, 2.24) is 4.98 Å². The highest BCUT2D eigenvalue weighted by atomic mass is 31.1. The van der Waals surface area contributed by atoms with E-state index in [9.17, 15) is 0 Å². The molecule has 0 aliphatic heterocycles. The fraction of sp³-hybridized carbons (Fsp3) is 0.667. The van der Waals surface area contributed by atoms with Gasteiger partial charge in [-0.3, -0.25) is 0 Å².